The normalized spacial score (nSPS) is 23.3. The van der Waals surface area contributed by atoms with E-state index in [1.165, 1.54) is 17.7 Å². The minimum Gasteiger partial charge on any atom is -0.356 e. The molecule has 3 aliphatic rings. The predicted octanol–water partition coefficient (Wildman–Crippen LogP) is 2.56. The van der Waals surface area contributed by atoms with Crippen molar-refractivity contribution < 1.29 is 4.79 Å². The van der Waals surface area contributed by atoms with Crippen molar-refractivity contribution in [2.45, 2.75) is 45.1 Å². The molecular formula is C24H29N7O. The zero-order valence-corrected chi connectivity index (χ0v) is 18.6. The number of anilines is 1. The fraction of sp³-hybridized carbons (Fsp3) is 0.500. The van der Waals surface area contributed by atoms with E-state index >= 15 is 0 Å². The summed E-state index contributed by atoms with van der Waals surface area (Å²) in [5, 5.41) is 10.4. The molecule has 3 atom stereocenters. The van der Waals surface area contributed by atoms with Crippen LogP contribution in [0.4, 0.5) is 5.82 Å². The molecule has 8 heteroatoms. The molecule has 1 saturated carbocycles. The number of aryl methyl sites for hydroxylation is 2. The van der Waals surface area contributed by atoms with Crippen molar-refractivity contribution >= 4 is 11.7 Å². The van der Waals surface area contributed by atoms with E-state index in [9.17, 15) is 4.79 Å². The highest BCUT2D eigenvalue weighted by Gasteiger charge is 2.45. The van der Waals surface area contributed by atoms with Crippen molar-refractivity contribution in [3.63, 3.8) is 0 Å². The van der Waals surface area contributed by atoms with Gasteiger partial charge in [0.1, 0.15) is 11.5 Å². The third kappa shape index (κ3) is 3.38. The molecule has 166 valence electrons. The highest BCUT2D eigenvalue weighted by Crippen LogP contribution is 2.46. The van der Waals surface area contributed by atoms with Gasteiger partial charge in [-0.2, -0.15) is 5.10 Å². The van der Waals surface area contributed by atoms with Gasteiger partial charge in [-0.3, -0.25) is 9.89 Å². The van der Waals surface area contributed by atoms with Crippen LogP contribution < -0.4 is 10.2 Å². The molecule has 0 aromatic carbocycles. The van der Waals surface area contributed by atoms with Crippen molar-refractivity contribution in [3.8, 4) is 0 Å². The van der Waals surface area contributed by atoms with Crippen LogP contribution in [0.15, 0.2) is 24.5 Å². The fourth-order valence-electron chi connectivity index (χ4n) is 5.38. The maximum absolute atomic E-state index is 12.8. The topological polar surface area (TPSA) is 91.7 Å². The molecule has 4 heterocycles. The molecule has 1 aliphatic heterocycles. The van der Waals surface area contributed by atoms with E-state index in [4.69, 9.17) is 4.98 Å². The summed E-state index contributed by atoms with van der Waals surface area (Å²) in [6, 6.07) is 6.14. The van der Waals surface area contributed by atoms with Crippen molar-refractivity contribution in [2.24, 2.45) is 18.9 Å². The van der Waals surface area contributed by atoms with Gasteiger partial charge >= 0.3 is 0 Å². The Morgan fingerprint density at radius 1 is 1.28 bits per heavy atom. The van der Waals surface area contributed by atoms with Gasteiger partial charge in [0.25, 0.3) is 5.91 Å². The lowest BCUT2D eigenvalue weighted by molar-refractivity contribution is 0.0931. The molecule has 2 unspecified atom stereocenters. The van der Waals surface area contributed by atoms with Crippen LogP contribution in [0.25, 0.3) is 0 Å². The first-order valence-corrected chi connectivity index (χ1v) is 11.7. The number of rotatable bonds is 6. The van der Waals surface area contributed by atoms with Gasteiger partial charge in [0.15, 0.2) is 0 Å². The average molecular weight is 432 g/mol. The molecule has 2 N–H and O–H groups in total. The van der Waals surface area contributed by atoms with Crippen LogP contribution in [0.5, 0.6) is 0 Å². The smallest absolute Gasteiger partial charge is 0.272 e. The van der Waals surface area contributed by atoms with Gasteiger partial charge in [-0.25, -0.2) is 9.97 Å². The minimum atomic E-state index is -0.159. The molecule has 3 aromatic heterocycles. The maximum atomic E-state index is 12.8. The zero-order valence-electron chi connectivity index (χ0n) is 18.6. The van der Waals surface area contributed by atoms with E-state index in [2.05, 4.69) is 44.5 Å². The summed E-state index contributed by atoms with van der Waals surface area (Å²) in [6.45, 7) is 4.46. The number of H-pyrrole nitrogens is 1. The molecule has 2 aliphatic carbocycles. The standard InChI is InChI=1S/C24H29N7O/c1-3-18-14(4-7-22(26-18)31-11-15-8-16(15)12-31)9-17-10-20(29-28-17)24(32)27-19-5-6-21-23(19)25-13-30(21)2/h4,7,10,13,15-16,19H,3,5-6,8-9,11-12H2,1-2H3,(H,27,32)(H,28,29)/t15?,16?,19-/m1/s1. The summed E-state index contributed by atoms with van der Waals surface area (Å²) < 4.78 is 2.03. The number of aromatic nitrogens is 5. The first kappa shape index (κ1) is 19.5. The van der Waals surface area contributed by atoms with Crippen molar-refractivity contribution in [2.75, 3.05) is 18.0 Å². The molecule has 0 bridgehead atoms. The Balaban J connectivity index is 1.13. The first-order chi connectivity index (χ1) is 15.6. The molecule has 0 radical (unpaired) electrons. The maximum Gasteiger partial charge on any atom is 0.272 e. The van der Waals surface area contributed by atoms with Gasteiger partial charge in [0, 0.05) is 43.6 Å². The Morgan fingerprint density at radius 2 is 2.12 bits per heavy atom. The van der Waals surface area contributed by atoms with Crippen LogP contribution >= 0.6 is 0 Å². The van der Waals surface area contributed by atoms with E-state index in [1.54, 1.807) is 0 Å². The minimum absolute atomic E-state index is 0.0427. The second-order valence-electron chi connectivity index (χ2n) is 9.50. The Hall–Kier alpha value is -3.16. The molecule has 6 rings (SSSR count). The lowest BCUT2D eigenvalue weighted by Gasteiger charge is -2.20. The number of carbonyl (C=O) groups excluding carboxylic acids is 1. The zero-order chi connectivity index (χ0) is 21.8. The largest absolute Gasteiger partial charge is 0.356 e. The number of nitrogens with one attached hydrogen (secondary N) is 2. The SMILES string of the molecule is CCc1nc(N2CC3CC3C2)ccc1Cc1cc(C(=O)N[C@@H]2CCc3c2ncn3C)n[nH]1. The van der Waals surface area contributed by atoms with Gasteiger partial charge in [-0.1, -0.05) is 13.0 Å². The summed E-state index contributed by atoms with van der Waals surface area (Å²) in [6.07, 6.45) is 6.60. The quantitative estimate of drug-likeness (QED) is 0.626. The number of nitrogens with zero attached hydrogens (tertiary/aromatic N) is 5. The van der Waals surface area contributed by atoms with Gasteiger partial charge in [0.05, 0.1) is 18.1 Å². The number of fused-ring (bicyclic) bond motifs is 2. The van der Waals surface area contributed by atoms with Crippen LogP contribution in [0.1, 0.15) is 64.6 Å². The molecule has 32 heavy (non-hydrogen) atoms. The van der Waals surface area contributed by atoms with Crippen LogP contribution in [0.2, 0.25) is 0 Å². The van der Waals surface area contributed by atoms with Gasteiger partial charge in [-0.05, 0) is 55.2 Å². The number of piperidine rings is 1. The van der Waals surface area contributed by atoms with E-state index in [1.807, 2.05) is 24.0 Å². The second-order valence-corrected chi connectivity index (χ2v) is 9.50. The number of pyridine rings is 1. The molecule has 2 fully saturated rings. The van der Waals surface area contributed by atoms with E-state index in [0.717, 1.165) is 67.1 Å². The molecule has 3 aromatic rings. The molecule has 0 spiro atoms. The highest BCUT2D eigenvalue weighted by molar-refractivity contribution is 5.92. The van der Waals surface area contributed by atoms with E-state index < -0.39 is 0 Å². The third-order valence-corrected chi connectivity index (χ3v) is 7.33. The number of imidazole rings is 1. The Bertz CT molecular complexity index is 1170. The van der Waals surface area contributed by atoms with Gasteiger partial charge in [0.2, 0.25) is 0 Å². The lowest BCUT2D eigenvalue weighted by atomic mass is 10.1. The van der Waals surface area contributed by atoms with E-state index in [0.29, 0.717) is 12.1 Å². The van der Waals surface area contributed by atoms with Crippen LogP contribution in [-0.4, -0.2) is 43.7 Å². The average Bonchev–Trinajstić information content (AvgIpc) is 3.27. The molecule has 1 amide bonds. The monoisotopic (exact) mass is 431 g/mol. The fourth-order valence-corrected chi connectivity index (χ4v) is 5.38. The van der Waals surface area contributed by atoms with Crippen LogP contribution in [0.3, 0.4) is 0 Å². The number of hydrogen-bond donors (Lipinski definition) is 2. The molecule has 8 nitrogen and oxygen atoms in total. The number of amides is 1. The van der Waals surface area contributed by atoms with E-state index in [-0.39, 0.29) is 11.9 Å². The number of hydrogen-bond acceptors (Lipinski definition) is 5. The predicted molar refractivity (Wildman–Crippen MR) is 121 cm³/mol. The van der Waals surface area contributed by atoms with Crippen molar-refractivity contribution in [1.82, 2.24) is 30.0 Å². The summed E-state index contributed by atoms with van der Waals surface area (Å²) in [5.41, 5.74) is 5.83. The summed E-state index contributed by atoms with van der Waals surface area (Å²) in [5.74, 6) is 2.73. The van der Waals surface area contributed by atoms with Crippen molar-refractivity contribution in [3.05, 3.63) is 58.6 Å². The van der Waals surface area contributed by atoms with Gasteiger partial charge in [-0.15, -0.1) is 0 Å². The first-order valence-electron chi connectivity index (χ1n) is 11.7. The number of carbonyl (C=O) groups is 1. The number of aromatic amines is 1. The summed E-state index contributed by atoms with van der Waals surface area (Å²) in [7, 11) is 2.00. The third-order valence-electron chi connectivity index (χ3n) is 7.33. The van der Waals surface area contributed by atoms with Crippen molar-refractivity contribution in [1.29, 1.82) is 0 Å². The summed E-state index contributed by atoms with van der Waals surface area (Å²) in [4.78, 5) is 24.6. The molecule has 1 saturated heterocycles. The highest BCUT2D eigenvalue weighted by atomic mass is 16.2. The Labute approximate surface area is 187 Å². The molecular weight excluding hydrogens is 402 g/mol. The van der Waals surface area contributed by atoms with Crippen LogP contribution in [-0.2, 0) is 26.3 Å². The van der Waals surface area contributed by atoms with Crippen LogP contribution in [0, 0.1) is 11.8 Å². The Morgan fingerprint density at radius 3 is 2.94 bits per heavy atom. The van der Waals surface area contributed by atoms with Gasteiger partial charge < -0.3 is 14.8 Å². The lowest BCUT2D eigenvalue weighted by Crippen LogP contribution is -2.27. The summed E-state index contributed by atoms with van der Waals surface area (Å²) >= 11 is 0. The second kappa shape index (κ2) is 7.46. The Kier molecular flexibility index (Phi) is 4.55.